The smallest absolute Gasteiger partial charge is 0.194 e. The summed E-state index contributed by atoms with van der Waals surface area (Å²) in [7, 11) is 0. The zero-order chi connectivity index (χ0) is 48.2. The summed E-state index contributed by atoms with van der Waals surface area (Å²) >= 11 is 0. The van der Waals surface area contributed by atoms with Gasteiger partial charge in [-0.1, -0.05) is 0 Å². The molecule has 2 unspecified atom stereocenters. The fourth-order valence-electron chi connectivity index (χ4n) is 12.1. The van der Waals surface area contributed by atoms with Crippen molar-refractivity contribution in [1.29, 1.82) is 0 Å². The molecule has 4 bridgehead atoms. The van der Waals surface area contributed by atoms with E-state index in [-0.39, 0.29) is 11.1 Å². The molecule has 4 aromatic heterocycles. The van der Waals surface area contributed by atoms with Gasteiger partial charge in [-0.15, -0.1) is 0 Å². The summed E-state index contributed by atoms with van der Waals surface area (Å²) in [5, 5.41) is 25.8. The Morgan fingerprint density at radius 2 is 0.943 bits per heavy atom. The number of nitrogens with zero attached hydrogens (tertiary/aromatic N) is 12. The average Bonchev–Trinajstić information content (AvgIpc) is 3.97. The van der Waals surface area contributed by atoms with Crippen LogP contribution in [0.25, 0.3) is 0 Å². The van der Waals surface area contributed by atoms with E-state index >= 15 is 0 Å². The van der Waals surface area contributed by atoms with Crippen molar-refractivity contribution in [2.24, 2.45) is 35.5 Å². The lowest BCUT2D eigenvalue weighted by Crippen LogP contribution is -2.43. The van der Waals surface area contributed by atoms with Gasteiger partial charge in [-0.3, -0.25) is 0 Å². The third kappa shape index (κ3) is 9.01. The van der Waals surface area contributed by atoms with E-state index in [1.807, 2.05) is 26.2 Å². The molecule has 6 aliphatic rings. The van der Waals surface area contributed by atoms with Crippen LogP contribution in [0.3, 0.4) is 0 Å². The number of benzene rings is 2. The molecule has 2 saturated carbocycles. The first-order valence-electron chi connectivity index (χ1n) is 24.4. The van der Waals surface area contributed by atoms with Gasteiger partial charge in [0.05, 0.1) is 35.2 Å². The molecule has 0 N–H and O–H groups in total. The number of rotatable bonds is 8. The number of aryl methyl sites for hydroxylation is 4. The second-order valence-electron chi connectivity index (χ2n) is 19.8. The Kier molecular flexibility index (Phi) is 12.8. The van der Waals surface area contributed by atoms with Crippen molar-refractivity contribution in [2.75, 3.05) is 49.2 Å². The molecule has 4 fully saturated rings. The molecule has 70 heavy (non-hydrogen) atoms. The Hall–Kier alpha value is -6.02. The normalized spacial score (nSPS) is 26.0. The van der Waals surface area contributed by atoms with E-state index in [0.717, 1.165) is 73.9 Å². The van der Waals surface area contributed by atoms with E-state index in [4.69, 9.17) is 29.6 Å². The minimum Gasteiger partial charge on any atom is -0.370 e. The number of anilines is 2. The molecule has 8 atom stereocenters. The molecular formula is C50H54F6N12O2. The zero-order valence-corrected chi connectivity index (χ0v) is 39.0. The number of fused-ring (bicyclic) bond motifs is 6. The van der Waals surface area contributed by atoms with Gasteiger partial charge in [-0.25, -0.2) is 45.7 Å². The maximum Gasteiger partial charge on any atom is 0.194 e. The Morgan fingerprint density at radius 1 is 0.543 bits per heavy atom. The highest BCUT2D eigenvalue weighted by molar-refractivity contribution is 5.47. The van der Waals surface area contributed by atoms with Crippen molar-refractivity contribution in [2.45, 2.75) is 90.5 Å². The average molecular weight is 969 g/mol. The van der Waals surface area contributed by atoms with Gasteiger partial charge in [0.15, 0.2) is 58.2 Å². The maximum atomic E-state index is 14.6. The second kappa shape index (κ2) is 19.3. The molecule has 2 saturated heterocycles. The molecule has 14 nitrogen and oxygen atoms in total. The van der Waals surface area contributed by atoms with Crippen LogP contribution in [0.1, 0.15) is 96.5 Å². The summed E-state index contributed by atoms with van der Waals surface area (Å²) in [6, 6.07) is 8.47. The maximum absolute atomic E-state index is 14.6. The topological polar surface area (TPSA) is 138 Å². The second-order valence-corrected chi connectivity index (χ2v) is 19.8. The summed E-state index contributed by atoms with van der Waals surface area (Å²) in [5.41, 5.74) is 3.95. The van der Waals surface area contributed by atoms with Gasteiger partial charge in [-0.2, -0.15) is 30.6 Å². The molecule has 368 valence electrons. The van der Waals surface area contributed by atoms with Gasteiger partial charge in [0.1, 0.15) is 12.2 Å². The number of hydrogen-bond acceptors (Lipinski definition) is 12. The van der Waals surface area contributed by atoms with Crippen molar-refractivity contribution in [1.82, 2.24) is 49.9 Å². The van der Waals surface area contributed by atoms with Crippen LogP contribution in [0.15, 0.2) is 48.8 Å². The number of aromatic nitrogens is 10. The quantitative estimate of drug-likeness (QED) is 0.108. The van der Waals surface area contributed by atoms with Crippen molar-refractivity contribution >= 4 is 11.4 Å². The molecule has 0 radical (unpaired) electrons. The predicted molar refractivity (Wildman–Crippen MR) is 242 cm³/mol. The summed E-state index contributed by atoms with van der Waals surface area (Å²) in [6.45, 7) is 9.65. The standard InChI is InChI=1S/2C25H27F3N6O/c2*1-14-9-17(11-29-31-14)33-12-15-3-4-16(13-33)19(15)10-21-30-25-24(35-8-2-7-34(25)32-21)18-5-6-20(26)23(28)22(18)27/h2*5-6,9,11,15-16,19,24H,2-4,7-8,10,12-13H2,1H3/t2*15-,16+,19?,24-/m10/s1. The highest BCUT2D eigenvalue weighted by Gasteiger charge is 2.45. The third-order valence-corrected chi connectivity index (χ3v) is 15.4. The largest absolute Gasteiger partial charge is 0.370 e. The van der Waals surface area contributed by atoms with Crippen LogP contribution >= 0.6 is 0 Å². The highest BCUT2D eigenvalue weighted by atomic mass is 19.2. The van der Waals surface area contributed by atoms with Crippen LogP contribution in [0.4, 0.5) is 37.7 Å². The minimum atomic E-state index is -1.50. The van der Waals surface area contributed by atoms with Crippen LogP contribution in [0.5, 0.6) is 0 Å². The fraction of sp³-hybridized carbons (Fsp3) is 0.520. The van der Waals surface area contributed by atoms with Gasteiger partial charge in [0.2, 0.25) is 0 Å². The number of ether oxygens (including phenoxy) is 2. The van der Waals surface area contributed by atoms with Crippen LogP contribution in [-0.2, 0) is 35.4 Å². The highest BCUT2D eigenvalue weighted by Crippen LogP contribution is 2.46. The molecular weight excluding hydrogens is 915 g/mol. The van der Waals surface area contributed by atoms with Gasteiger partial charge < -0.3 is 19.3 Å². The van der Waals surface area contributed by atoms with E-state index in [2.05, 4.69) is 42.3 Å². The first kappa shape index (κ1) is 46.4. The lowest BCUT2D eigenvalue weighted by Gasteiger charge is -2.39. The van der Waals surface area contributed by atoms with Crippen LogP contribution in [0, 0.1) is 84.3 Å². The Morgan fingerprint density at radius 3 is 1.33 bits per heavy atom. The van der Waals surface area contributed by atoms with Crippen molar-refractivity contribution < 1.29 is 35.8 Å². The van der Waals surface area contributed by atoms with Crippen LogP contribution in [0.2, 0.25) is 0 Å². The SMILES string of the molecule is Cc1cc(N2C[C@H]3CC[C@@H](C2)C3Cc2nc3n(n2)CCCO[C@@H]3c2ccc(F)c(F)c2F)cnn1.Cc1cc(N2C[C@H]3CC[C@@H](C2)C3Cc2nc3n(n2)CCCO[C@H]3c2ccc(F)c(F)c2F)cnn1. The molecule has 12 rings (SSSR count). The summed E-state index contributed by atoms with van der Waals surface area (Å²) in [4.78, 5) is 14.3. The lowest BCUT2D eigenvalue weighted by atomic mass is 9.82. The van der Waals surface area contributed by atoms with Gasteiger partial charge in [-0.05, 0) is 124 Å². The van der Waals surface area contributed by atoms with E-state index in [0.29, 0.717) is 97.9 Å². The van der Waals surface area contributed by atoms with E-state index in [1.165, 1.54) is 37.8 Å². The first-order chi connectivity index (χ1) is 33.9. The third-order valence-electron chi connectivity index (χ3n) is 15.4. The van der Waals surface area contributed by atoms with Gasteiger partial charge >= 0.3 is 0 Å². The van der Waals surface area contributed by atoms with E-state index in [9.17, 15) is 26.3 Å². The summed E-state index contributed by atoms with van der Waals surface area (Å²) in [6.07, 6.45) is 9.34. The number of piperidine rings is 2. The molecule has 0 spiro atoms. The van der Waals surface area contributed by atoms with E-state index < -0.39 is 47.1 Å². The van der Waals surface area contributed by atoms with Gasteiger partial charge in [0.25, 0.3) is 0 Å². The Labute approximate surface area is 400 Å². The van der Waals surface area contributed by atoms with Crippen LogP contribution in [-0.4, -0.2) is 89.3 Å². The van der Waals surface area contributed by atoms with Crippen molar-refractivity contribution in [3.8, 4) is 0 Å². The molecule has 8 heterocycles. The molecule has 2 aromatic carbocycles. The van der Waals surface area contributed by atoms with Gasteiger partial charge in [0, 0.05) is 76.5 Å². The molecule has 0 amide bonds. The predicted octanol–water partition coefficient (Wildman–Crippen LogP) is 8.02. The Bertz CT molecular complexity index is 2660. The molecule has 2 aliphatic carbocycles. The summed E-state index contributed by atoms with van der Waals surface area (Å²) < 4.78 is 99.3. The summed E-state index contributed by atoms with van der Waals surface area (Å²) in [5.74, 6) is -2.55. The minimum absolute atomic E-state index is 0.0550. The van der Waals surface area contributed by atoms with Crippen molar-refractivity contribution in [3.05, 3.63) is 130 Å². The first-order valence-corrected chi connectivity index (χ1v) is 24.4. The fourth-order valence-corrected chi connectivity index (χ4v) is 12.1. The lowest BCUT2D eigenvalue weighted by molar-refractivity contribution is 0.0778. The molecule has 4 aliphatic heterocycles. The van der Waals surface area contributed by atoms with Crippen LogP contribution < -0.4 is 9.80 Å². The number of hydrogen-bond donors (Lipinski definition) is 0. The molecule has 6 aromatic rings. The molecule has 20 heteroatoms. The zero-order valence-electron chi connectivity index (χ0n) is 39.0. The number of halogens is 6. The van der Waals surface area contributed by atoms with Crippen molar-refractivity contribution in [3.63, 3.8) is 0 Å². The van der Waals surface area contributed by atoms with E-state index in [1.54, 1.807) is 9.36 Å². The Balaban J connectivity index is 0.000000152. The monoisotopic (exact) mass is 968 g/mol.